The molecule has 60 valence electrons. The molecule has 1 aromatic heterocycles. The van der Waals surface area contributed by atoms with Crippen LogP contribution in [0.2, 0.25) is 0 Å². The van der Waals surface area contributed by atoms with Crippen LogP contribution >= 0.6 is 35.0 Å². The van der Waals surface area contributed by atoms with Crippen molar-refractivity contribution >= 4 is 40.1 Å². The number of rotatable bonds is 2. The third-order valence-electron chi connectivity index (χ3n) is 0.957. The van der Waals surface area contributed by atoms with E-state index in [0.29, 0.717) is 0 Å². The summed E-state index contributed by atoms with van der Waals surface area (Å²) in [6, 6.07) is 0. The summed E-state index contributed by atoms with van der Waals surface area (Å²) in [5, 5.41) is 3.02. The van der Waals surface area contributed by atoms with Crippen LogP contribution in [-0.4, -0.2) is 16.3 Å². The van der Waals surface area contributed by atoms with Gasteiger partial charge in [-0.1, -0.05) is 0 Å². The Morgan fingerprint density at radius 2 is 2.55 bits per heavy atom. The van der Waals surface area contributed by atoms with Gasteiger partial charge in [0.15, 0.2) is 4.34 Å². The maximum absolute atomic E-state index is 4.23. The lowest BCUT2D eigenvalue weighted by Crippen LogP contribution is -1.76. The number of thioether (sulfide) groups is 1. The van der Waals surface area contributed by atoms with E-state index >= 15 is 0 Å². The number of hydrogen-bond acceptors (Lipinski definition) is 5. The molecule has 0 spiro atoms. The molecule has 0 unspecified atom stereocenters. The number of thiazole rings is 1. The first-order chi connectivity index (χ1) is 5.33. The lowest BCUT2D eigenvalue weighted by molar-refractivity contribution is 1.25. The second kappa shape index (κ2) is 4.79. The molecule has 1 rings (SSSR count). The normalized spacial score (nSPS) is 12.0. The minimum atomic E-state index is 0.999. The molecule has 1 aromatic rings. The molecule has 0 aliphatic rings. The van der Waals surface area contributed by atoms with Crippen LogP contribution in [0.5, 0.6) is 0 Å². The van der Waals surface area contributed by atoms with Crippen molar-refractivity contribution in [2.75, 3.05) is 6.26 Å². The van der Waals surface area contributed by atoms with Crippen molar-refractivity contribution in [3.63, 3.8) is 0 Å². The molecule has 0 aliphatic carbocycles. The fourth-order valence-corrected chi connectivity index (χ4v) is 1.93. The second-order valence-corrected chi connectivity index (χ2v) is 4.61. The summed E-state index contributed by atoms with van der Waals surface area (Å²) >= 11 is 4.70. The summed E-state index contributed by atoms with van der Waals surface area (Å²) in [7, 11) is 0. The molecule has 0 aromatic carbocycles. The zero-order chi connectivity index (χ0) is 8.10. The molecule has 11 heavy (non-hydrogen) atoms. The van der Waals surface area contributed by atoms with E-state index in [0.717, 1.165) is 9.38 Å². The third kappa shape index (κ3) is 3.27. The van der Waals surface area contributed by atoms with Gasteiger partial charge in [-0.05, 0) is 13.2 Å². The number of nitrogens with zero attached hydrogens (tertiary/aromatic N) is 2. The van der Waals surface area contributed by atoms with Crippen LogP contribution < -0.4 is 0 Å². The van der Waals surface area contributed by atoms with Crippen LogP contribution in [0.1, 0.15) is 6.92 Å². The minimum Gasteiger partial charge on any atom is -0.237 e. The average Bonchev–Trinajstić information content (AvgIpc) is 2.52. The zero-order valence-electron chi connectivity index (χ0n) is 6.27. The van der Waals surface area contributed by atoms with Crippen LogP contribution in [0.3, 0.4) is 0 Å². The lowest BCUT2D eigenvalue weighted by Gasteiger charge is -1.90. The predicted molar refractivity (Wildman–Crippen MR) is 54.6 cm³/mol. The SMILES string of the molecule is CSC(C)=NSc1nccs1. The van der Waals surface area contributed by atoms with Crippen molar-refractivity contribution in [2.24, 2.45) is 4.40 Å². The Morgan fingerprint density at radius 1 is 1.73 bits per heavy atom. The highest BCUT2D eigenvalue weighted by atomic mass is 32.2. The molecular formula is C6H8N2S3. The molecule has 0 amide bonds. The first-order valence-corrected chi connectivity index (χ1v) is 5.86. The van der Waals surface area contributed by atoms with Gasteiger partial charge >= 0.3 is 0 Å². The Balaban J connectivity index is 2.45. The van der Waals surface area contributed by atoms with Crippen molar-refractivity contribution in [1.29, 1.82) is 0 Å². The van der Waals surface area contributed by atoms with E-state index < -0.39 is 0 Å². The lowest BCUT2D eigenvalue weighted by atomic mass is 10.9. The molecule has 0 N–H and O–H groups in total. The summed E-state index contributed by atoms with van der Waals surface area (Å²) in [5.41, 5.74) is 0. The summed E-state index contributed by atoms with van der Waals surface area (Å²) in [6.07, 6.45) is 3.80. The van der Waals surface area contributed by atoms with Crippen LogP contribution in [0.25, 0.3) is 0 Å². The number of hydrogen-bond donors (Lipinski definition) is 0. The van der Waals surface area contributed by atoms with Crippen molar-refractivity contribution in [3.8, 4) is 0 Å². The van der Waals surface area contributed by atoms with Crippen molar-refractivity contribution in [1.82, 2.24) is 4.98 Å². The maximum Gasteiger partial charge on any atom is 0.172 e. The molecule has 1 heterocycles. The molecule has 0 radical (unpaired) electrons. The highest BCUT2D eigenvalue weighted by molar-refractivity contribution is 8.14. The third-order valence-corrected chi connectivity index (χ3v) is 3.46. The molecule has 0 bridgehead atoms. The van der Waals surface area contributed by atoms with Gasteiger partial charge in [-0.3, -0.25) is 0 Å². The van der Waals surface area contributed by atoms with Crippen molar-refractivity contribution < 1.29 is 0 Å². The highest BCUT2D eigenvalue weighted by Gasteiger charge is 1.93. The average molecular weight is 204 g/mol. The molecule has 2 nitrogen and oxygen atoms in total. The molecule has 0 saturated carbocycles. The molecule has 0 fully saturated rings. The summed E-state index contributed by atoms with van der Waals surface area (Å²) < 4.78 is 5.23. The van der Waals surface area contributed by atoms with Gasteiger partial charge in [0.2, 0.25) is 0 Å². The Labute approximate surface area is 78.7 Å². The largest absolute Gasteiger partial charge is 0.237 e. The summed E-state index contributed by atoms with van der Waals surface area (Å²) in [4.78, 5) is 4.09. The van der Waals surface area contributed by atoms with Gasteiger partial charge in [-0.15, -0.1) is 23.1 Å². The van der Waals surface area contributed by atoms with Crippen molar-refractivity contribution in [3.05, 3.63) is 11.6 Å². The fourth-order valence-electron chi connectivity index (χ4n) is 0.396. The monoisotopic (exact) mass is 204 g/mol. The standard InChI is InChI=1S/C6H8N2S3/c1-5(9-2)8-11-6-7-3-4-10-6/h3-4H,1-2H3. The van der Waals surface area contributed by atoms with E-state index in [1.807, 2.05) is 18.6 Å². The molecule has 5 heteroatoms. The van der Waals surface area contributed by atoms with Gasteiger partial charge in [0.25, 0.3) is 0 Å². The van der Waals surface area contributed by atoms with E-state index in [1.54, 1.807) is 29.3 Å². The smallest absolute Gasteiger partial charge is 0.172 e. The molecular weight excluding hydrogens is 196 g/mol. The van der Waals surface area contributed by atoms with Crippen LogP contribution in [0.15, 0.2) is 20.3 Å². The first kappa shape index (κ1) is 9.09. The van der Waals surface area contributed by atoms with E-state index in [4.69, 9.17) is 0 Å². The van der Waals surface area contributed by atoms with Crippen molar-refractivity contribution in [2.45, 2.75) is 11.3 Å². The number of aromatic nitrogens is 1. The molecule has 0 saturated heterocycles. The van der Waals surface area contributed by atoms with Gasteiger partial charge in [-0.25, -0.2) is 9.38 Å². The Bertz CT molecular complexity index is 230. The topological polar surface area (TPSA) is 25.2 Å². The molecule has 0 atom stereocenters. The van der Waals surface area contributed by atoms with Gasteiger partial charge < -0.3 is 0 Å². The first-order valence-electron chi connectivity index (χ1n) is 2.98. The second-order valence-electron chi connectivity index (χ2n) is 1.70. The van der Waals surface area contributed by atoms with Gasteiger partial charge in [0.1, 0.15) is 0 Å². The van der Waals surface area contributed by atoms with E-state index in [-0.39, 0.29) is 0 Å². The fraction of sp³-hybridized carbons (Fsp3) is 0.333. The minimum absolute atomic E-state index is 0.999. The summed E-state index contributed by atoms with van der Waals surface area (Å²) in [5.74, 6) is 0. The Morgan fingerprint density at radius 3 is 3.09 bits per heavy atom. The summed E-state index contributed by atoms with van der Waals surface area (Å²) in [6.45, 7) is 1.99. The zero-order valence-corrected chi connectivity index (χ0v) is 8.72. The predicted octanol–water partition coefficient (Wildman–Crippen LogP) is 2.93. The van der Waals surface area contributed by atoms with E-state index in [9.17, 15) is 0 Å². The Hall–Kier alpha value is -0.0000000000000000833. The van der Waals surface area contributed by atoms with Gasteiger partial charge in [0.05, 0.1) is 5.04 Å². The Kier molecular flexibility index (Phi) is 3.96. The van der Waals surface area contributed by atoms with E-state index in [1.165, 1.54) is 11.9 Å². The van der Waals surface area contributed by atoms with Crippen LogP contribution in [-0.2, 0) is 0 Å². The molecule has 0 aliphatic heterocycles. The van der Waals surface area contributed by atoms with Gasteiger partial charge in [0, 0.05) is 23.5 Å². The van der Waals surface area contributed by atoms with E-state index in [2.05, 4.69) is 9.38 Å². The van der Waals surface area contributed by atoms with Crippen LogP contribution in [0, 0.1) is 0 Å². The highest BCUT2D eigenvalue weighted by Crippen LogP contribution is 2.22. The van der Waals surface area contributed by atoms with Gasteiger partial charge in [-0.2, -0.15) is 0 Å². The van der Waals surface area contributed by atoms with Crippen LogP contribution in [0.4, 0.5) is 0 Å². The quantitative estimate of drug-likeness (QED) is 0.421. The maximum atomic E-state index is 4.23.